The number of hydrogen-bond acceptors (Lipinski definition) is 5. The Bertz CT molecular complexity index is 514. The molecule has 1 aromatic carbocycles. The molecule has 1 aliphatic rings. The van der Waals surface area contributed by atoms with E-state index in [-0.39, 0.29) is 10.6 Å². The molecule has 0 aliphatic heterocycles. The molecule has 6 heteroatoms. The summed E-state index contributed by atoms with van der Waals surface area (Å²) in [5.74, 6) is 1.09. The van der Waals surface area contributed by atoms with Crippen LogP contribution in [0, 0.1) is 16.0 Å². The molecule has 0 amide bonds. The van der Waals surface area contributed by atoms with E-state index >= 15 is 0 Å². The number of ether oxygens (including phenoxy) is 1. The normalized spacial score (nSPS) is 21.0. The van der Waals surface area contributed by atoms with E-state index in [9.17, 15) is 10.1 Å². The van der Waals surface area contributed by atoms with Crippen LogP contribution in [0.15, 0.2) is 18.2 Å². The first-order valence-corrected chi connectivity index (χ1v) is 8.50. The highest BCUT2D eigenvalue weighted by molar-refractivity contribution is 5.63. The number of nitrogens with zero attached hydrogens (tertiary/aromatic N) is 1. The smallest absolute Gasteiger partial charge is 0.296 e. The Morgan fingerprint density at radius 3 is 2.74 bits per heavy atom. The first-order valence-electron chi connectivity index (χ1n) is 8.50. The van der Waals surface area contributed by atoms with Gasteiger partial charge in [-0.15, -0.1) is 0 Å². The standard InChI is InChI=1S/C17H27N3O3/c1-2-3-10-23-15-8-9-16(17(11-15)20(21)22)19-12-13-4-6-14(18)7-5-13/h8-9,11,13-14,19H,2-7,10,12,18H2,1H3. The summed E-state index contributed by atoms with van der Waals surface area (Å²) in [6.07, 6.45) is 6.22. The number of unbranched alkanes of at least 4 members (excludes halogenated alkanes) is 1. The van der Waals surface area contributed by atoms with Gasteiger partial charge in [0.2, 0.25) is 0 Å². The van der Waals surface area contributed by atoms with E-state index in [0.717, 1.165) is 45.1 Å². The lowest BCUT2D eigenvalue weighted by Gasteiger charge is -2.26. The maximum atomic E-state index is 11.3. The van der Waals surface area contributed by atoms with Gasteiger partial charge >= 0.3 is 0 Å². The number of nitrogens with two attached hydrogens (primary N) is 1. The van der Waals surface area contributed by atoms with Gasteiger partial charge in [0, 0.05) is 12.6 Å². The molecule has 0 unspecified atom stereocenters. The highest BCUT2D eigenvalue weighted by atomic mass is 16.6. The molecule has 128 valence electrons. The fraction of sp³-hybridized carbons (Fsp3) is 0.647. The zero-order valence-electron chi connectivity index (χ0n) is 13.8. The van der Waals surface area contributed by atoms with Crippen LogP contribution in [0.5, 0.6) is 5.75 Å². The summed E-state index contributed by atoms with van der Waals surface area (Å²) < 4.78 is 5.55. The maximum absolute atomic E-state index is 11.3. The average molecular weight is 321 g/mol. The molecule has 0 aromatic heterocycles. The van der Waals surface area contributed by atoms with Crippen molar-refractivity contribution in [1.29, 1.82) is 0 Å². The lowest BCUT2D eigenvalue weighted by molar-refractivity contribution is -0.384. The molecule has 1 aromatic rings. The summed E-state index contributed by atoms with van der Waals surface area (Å²) in [6.45, 7) is 3.42. The number of nitro groups is 1. The molecule has 1 saturated carbocycles. The van der Waals surface area contributed by atoms with Gasteiger partial charge in [-0.3, -0.25) is 10.1 Å². The predicted molar refractivity (Wildman–Crippen MR) is 91.9 cm³/mol. The van der Waals surface area contributed by atoms with Gasteiger partial charge in [0.05, 0.1) is 17.6 Å². The third-order valence-electron chi connectivity index (χ3n) is 4.41. The molecule has 0 radical (unpaired) electrons. The van der Waals surface area contributed by atoms with Crippen molar-refractivity contribution in [2.24, 2.45) is 11.7 Å². The number of benzene rings is 1. The maximum Gasteiger partial charge on any atom is 0.296 e. The van der Waals surface area contributed by atoms with Crippen LogP contribution in [0.2, 0.25) is 0 Å². The van der Waals surface area contributed by atoms with E-state index in [1.165, 1.54) is 6.07 Å². The van der Waals surface area contributed by atoms with Gasteiger partial charge in [0.25, 0.3) is 5.69 Å². The van der Waals surface area contributed by atoms with E-state index in [2.05, 4.69) is 12.2 Å². The molecule has 1 aliphatic carbocycles. The van der Waals surface area contributed by atoms with Crippen LogP contribution in [-0.2, 0) is 0 Å². The SMILES string of the molecule is CCCCOc1ccc(NCC2CCC(N)CC2)c([N+](=O)[O-])c1. The van der Waals surface area contributed by atoms with E-state index < -0.39 is 0 Å². The first kappa shape index (κ1) is 17.5. The van der Waals surface area contributed by atoms with Crippen molar-refractivity contribution in [3.8, 4) is 5.75 Å². The van der Waals surface area contributed by atoms with E-state index in [0.29, 0.717) is 30.0 Å². The lowest BCUT2D eigenvalue weighted by Crippen LogP contribution is -2.29. The van der Waals surface area contributed by atoms with Crippen molar-refractivity contribution >= 4 is 11.4 Å². The second kappa shape index (κ2) is 8.72. The van der Waals surface area contributed by atoms with Crippen molar-refractivity contribution in [2.45, 2.75) is 51.5 Å². The zero-order valence-corrected chi connectivity index (χ0v) is 13.8. The third kappa shape index (κ3) is 5.39. The van der Waals surface area contributed by atoms with Crippen LogP contribution < -0.4 is 15.8 Å². The van der Waals surface area contributed by atoms with Crippen molar-refractivity contribution in [2.75, 3.05) is 18.5 Å². The van der Waals surface area contributed by atoms with Gasteiger partial charge in [-0.05, 0) is 50.2 Å². The van der Waals surface area contributed by atoms with Crippen LogP contribution in [0.4, 0.5) is 11.4 Å². The summed E-state index contributed by atoms with van der Waals surface area (Å²) in [5, 5.41) is 14.5. The lowest BCUT2D eigenvalue weighted by atomic mass is 9.86. The molecule has 0 spiro atoms. The zero-order chi connectivity index (χ0) is 16.7. The van der Waals surface area contributed by atoms with Crippen molar-refractivity contribution in [1.82, 2.24) is 0 Å². The Labute approximate surface area is 137 Å². The molecular formula is C17H27N3O3. The summed E-state index contributed by atoms with van der Waals surface area (Å²) in [6, 6.07) is 5.37. The minimum absolute atomic E-state index is 0.0755. The molecule has 0 heterocycles. The van der Waals surface area contributed by atoms with Crippen molar-refractivity contribution in [3.63, 3.8) is 0 Å². The van der Waals surface area contributed by atoms with Crippen molar-refractivity contribution in [3.05, 3.63) is 28.3 Å². The second-order valence-corrected chi connectivity index (χ2v) is 6.30. The van der Waals surface area contributed by atoms with Crippen LogP contribution in [0.25, 0.3) is 0 Å². The number of rotatable bonds is 8. The van der Waals surface area contributed by atoms with Crippen LogP contribution in [0.1, 0.15) is 45.4 Å². The monoisotopic (exact) mass is 321 g/mol. The van der Waals surface area contributed by atoms with E-state index in [4.69, 9.17) is 10.5 Å². The van der Waals surface area contributed by atoms with Gasteiger partial charge in [-0.25, -0.2) is 0 Å². The Hall–Kier alpha value is -1.82. The quantitative estimate of drug-likeness (QED) is 0.433. The minimum atomic E-state index is -0.355. The predicted octanol–water partition coefficient (Wildman–Crippen LogP) is 3.70. The number of nitro benzene ring substituents is 1. The van der Waals surface area contributed by atoms with E-state index in [1.54, 1.807) is 12.1 Å². The Morgan fingerprint density at radius 1 is 1.35 bits per heavy atom. The first-order chi connectivity index (χ1) is 11.1. The Balaban J connectivity index is 1.95. The van der Waals surface area contributed by atoms with Crippen LogP contribution in [-0.4, -0.2) is 24.1 Å². The van der Waals surface area contributed by atoms with Gasteiger partial charge in [0.15, 0.2) is 0 Å². The largest absolute Gasteiger partial charge is 0.493 e. The molecular weight excluding hydrogens is 294 g/mol. The summed E-state index contributed by atoms with van der Waals surface area (Å²) in [5.41, 5.74) is 6.55. The topological polar surface area (TPSA) is 90.4 Å². The molecule has 0 atom stereocenters. The van der Waals surface area contributed by atoms with Crippen LogP contribution in [0.3, 0.4) is 0 Å². The molecule has 6 nitrogen and oxygen atoms in total. The molecule has 0 saturated heterocycles. The summed E-state index contributed by atoms with van der Waals surface area (Å²) in [7, 11) is 0. The fourth-order valence-electron chi connectivity index (χ4n) is 2.88. The van der Waals surface area contributed by atoms with Gasteiger partial charge in [-0.1, -0.05) is 13.3 Å². The number of anilines is 1. The van der Waals surface area contributed by atoms with Gasteiger partial charge in [0.1, 0.15) is 11.4 Å². The molecule has 3 N–H and O–H groups in total. The average Bonchev–Trinajstić information content (AvgIpc) is 2.55. The fourth-order valence-corrected chi connectivity index (χ4v) is 2.88. The molecule has 1 fully saturated rings. The van der Waals surface area contributed by atoms with E-state index in [1.807, 2.05) is 0 Å². The summed E-state index contributed by atoms with van der Waals surface area (Å²) in [4.78, 5) is 10.9. The number of hydrogen-bond donors (Lipinski definition) is 2. The van der Waals surface area contributed by atoms with Crippen LogP contribution >= 0.6 is 0 Å². The number of nitrogens with one attached hydrogen (secondary N) is 1. The highest BCUT2D eigenvalue weighted by Crippen LogP contribution is 2.30. The highest BCUT2D eigenvalue weighted by Gasteiger charge is 2.20. The minimum Gasteiger partial charge on any atom is -0.493 e. The Kier molecular flexibility index (Phi) is 6.65. The molecule has 23 heavy (non-hydrogen) atoms. The Morgan fingerprint density at radius 2 is 2.09 bits per heavy atom. The molecule has 2 rings (SSSR count). The van der Waals surface area contributed by atoms with Gasteiger partial charge < -0.3 is 15.8 Å². The second-order valence-electron chi connectivity index (χ2n) is 6.30. The third-order valence-corrected chi connectivity index (χ3v) is 4.41. The summed E-state index contributed by atoms with van der Waals surface area (Å²) >= 11 is 0. The van der Waals surface area contributed by atoms with Gasteiger partial charge in [-0.2, -0.15) is 0 Å². The van der Waals surface area contributed by atoms with Crippen molar-refractivity contribution < 1.29 is 9.66 Å². The molecule has 0 bridgehead atoms.